The molecule has 0 radical (unpaired) electrons. The van der Waals surface area contributed by atoms with Crippen LogP contribution in [0.25, 0.3) is 33.3 Å². The molecule has 0 saturated heterocycles. The fourth-order valence-electron chi connectivity index (χ4n) is 3.89. The molecule has 0 spiro atoms. The maximum absolute atomic E-state index is 4.67. The lowest BCUT2D eigenvalue weighted by Gasteiger charge is -2.17. The minimum atomic E-state index is 0.612. The summed E-state index contributed by atoms with van der Waals surface area (Å²) in [6.45, 7) is 4.49. The second-order valence-corrected chi connectivity index (χ2v) is 7.17. The van der Waals surface area contributed by atoms with Gasteiger partial charge < -0.3 is 4.98 Å². The van der Waals surface area contributed by atoms with Gasteiger partial charge in [-0.1, -0.05) is 24.6 Å². The Morgan fingerprint density at radius 1 is 1.19 bits per heavy atom. The number of aromatic nitrogens is 4. The summed E-state index contributed by atoms with van der Waals surface area (Å²) in [7, 11) is 0. The highest BCUT2D eigenvalue weighted by Gasteiger charge is 2.14. The van der Waals surface area contributed by atoms with Crippen molar-refractivity contribution in [2.75, 3.05) is 0 Å². The summed E-state index contributed by atoms with van der Waals surface area (Å²) in [4.78, 5) is 7.98. The Labute approximate surface area is 151 Å². The standard InChI is InChI=1S/C22H20N4/c1-14-3-4-19(15(2)9-14)17-11-20-21(13-24-22(20)23-12-17)16-6-8-26-18(10-16)5-7-25-26/h3-8,10-14H,9H2,1-2H3,(H,23,24). The van der Waals surface area contributed by atoms with E-state index >= 15 is 0 Å². The SMILES string of the molecule is CC1=C(c2cnc3[nH]cc(-c4ccn5nccc5c4)c3c2)C=CC(C)C1. The van der Waals surface area contributed by atoms with E-state index in [0.29, 0.717) is 5.92 Å². The van der Waals surface area contributed by atoms with Crippen LogP contribution in [-0.4, -0.2) is 19.6 Å². The van der Waals surface area contributed by atoms with Crippen LogP contribution in [0.5, 0.6) is 0 Å². The zero-order valence-electron chi connectivity index (χ0n) is 14.9. The van der Waals surface area contributed by atoms with E-state index in [1.54, 1.807) is 0 Å². The van der Waals surface area contributed by atoms with Gasteiger partial charge in [0.25, 0.3) is 0 Å². The van der Waals surface area contributed by atoms with Gasteiger partial charge in [-0.3, -0.25) is 0 Å². The molecule has 128 valence electrons. The molecule has 4 aromatic rings. The minimum Gasteiger partial charge on any atom is -0.346 e. The summed E-state index contributed by atoms with van der Waals surface area (Å²) in [5.41, 5.74) is 8.26. The van der Waals surface area contributed by atoms with Gasteiger partial charge in [0.1, 0.15) is 5.65 Å². The van der Waals surface area contributed by atoms with Gasteiger partial charge in [0.2, 0.25) is 0 Å². The Bertz CT molecular complexity index is 1190. The fourth-order valence-corrected chi connectivity index (χ4v) is 3.89. The van der Waals surface area contributed by atoms with Gasteiger partial charge in [0.15, 0.2) is 0 Å². The Balaban J connectivity index is 1.66. The Kier molecular flexibility index (Phi) is 3.32. The van der Waals surface area contributed by atoms with Crippen LogP contribution < -0.4 is 0 Å². The molecule has 0 amide bonds. The van der Waals surface area contributed by atoms with Crippen molar-refractivity contribution in [3.63, 3.8) is 0 Å². The van der Waals surface area contributed by atoms with Crippen molar-refractivity contribution in [2.45, 2.75) is 20.3 Å². The molecule has 1 aliphatic carbocycles. The molecule has 0 saturated carbocycles. The number of hydrogen-bond donors (Lipinski definition) is 1. The van der Waals surface area contributed by atoms with Gasteiger partial charge in [-0.2, -0.15) is 5.10 Å². The van der Waals surface area contributed by atoms with Gasteiger partial charge >= 0.3 is 0 Å². The first-order valence-corrected chi connectivity index (χ1v) is 8.98. The molecule has 1 unspecified atom stereocenters. The molecule has 0 fully saturated rings. The van der Waals surface area contributed by atoms with E-state index < -0.39 is 0 Å². The molecule has 0 aliphatic heterocycles. The quantitative estimate of drug-likeness (QED) is 0.542. The average molecular weight is 340 g/mol. The van der Waals surface area contributed by atoms with Crippen LogP contribution in [0.15, 0.2) is 66.8 Å². The third-order valence-electron chi connectivity index (χ3n) is 5.23. The van der Waals surface area contributed by atoms with E-state index in [2.05, 4.69) is 59.3 Å². The number of hydrogen-bond acceptors (Lipinski definition) is 2. The summed E-state index contributed by atoms with van der Waals surface area (Å²) < 4.78 is 1.88. The highest BCUT2D eigenvalue weighted by molar-refractivity contribution is 5.96. The van der Waals surface area contributed by atoms with Gasteiger partial charge in [-0.15, -0.1) is 0 Å². The number of nitrogens with zero attached hydrogens (tertiary/aromatic N) is 3. The monoisotopic (exact) mass is 340 g/mol. The first kappa shape index (κ1) is 15.1. The average Bonchev–Trinajstić information content (AvgIpc) is 3.27. The normalized spacial score (nSPS) is 17.5. The Hall–Kier alpha value is -3.14. The molecule has 26 heavy (non-hydrogen) atoms. The molecule has 1 atom stereocenters. The highest BCUT2D eigenvalue weighted by Crippen LogP contribution is 2.34. The molecule has 4 heteroatoms. The lowest BCUT2D eigenvalue weighted by atomic mass is 9.88. The Morgan fingerprint density at radius 3 is 3.00 bits per heavy atom. The topological polar surface area (TPSA) is 46.0 Å². The van der Waals surface area contributed by atoms with Crippen molar-refractivity contribution >= 4 is 22.1 Å². The number of nitrogens with one attached hydrogen (secondary N) is 1. The first-order chi connectivity index (χ1) is 12.7. The lowest BCUT2D eigenvalue weighted by Crippen LogP contribution is -2.00. The van der Waals surface area contributed by atoms with Crippen molar-refractivity contribution < 1.29 is 0 Å². The third-order valence-corrected chi connectivity index (χ3v) is 5.23. The maximum atomic E-state index is 4.67. The number of fused-ring (bicyclic) bond motifs is 2. The van der Waals surface area contributed by atoms with Gasteiger partial charge in [-0.25, -0.2) is 9.50 Å². The number of allylic oxidation sites excluding steroid dienone is 4. The Morgan fingerprint density at radius 2 is 2.12 bits per heavy atom. The van der Waals surface area contributed by atoms with E-state index in [9.17, 15) is 0 Å². The largest absolute Gasteiger partial charge is 0.346 e. The zero-order chi connectivity index (χ0) is 17.7. The predicted octanol–water partition coefficient (Wildman–Crippen LogP) is 5.25. The van der Waals surface area contributed by atoms with Crippen LogP contribution in [0.2, 0.25) is 0 Å². The van der Waals surface area contributed by atoms with E-state index in [0.717, 1.165) is 23.0 Å². The smallest absolute Gasteiger partial charge is 0.137 e. The summed E-state index contributed by atoms with van der Waals surface area (Å²) in [6.07, 6.45) is 13.5. The van der Waals surface area contributed by atoms with E-state index in [-0.39, 0.29) is 0 Å². The number of aromatic amines is 1. The lowest BCUT2D eigenvalue weighted by molar-refractivity contribution is 0.710. The van der Waals surface area contributed by atoms with Crippen molar-refractivity contribution in [1.82, 2.24) is 19.6 Å². The molecule has 5 rings (SSSR count). The van der Waals surface area contributed by atoms with Crippen molar-refractivity contribution in [1.29, 1.82) is 0 Å². The molecule has 0 aromatic carbocycles. The van der Waals surface area contributed by atoms with Crippen LogP contribution in [0.1, 0.15) is 25.8 Å². The van der Waals surface area contributed by atoms with Crippen LogP contribution >= 0.6 is 0 Å². The molecule has 1 aliphatic rings. The number of pyridine rings is 2. The van der Waals surface area contributed by atoms with Crippen LogP contribution in [0.3, 0.4) is 0 Å². The molecule has 4 heterocycles. The van der Waals surface area contributed by atoms with Crippen molar-refractivity contribution in [3.05, 3.63) is 72.3 Å². The van der Waals surface area contributed by atoms with Crippen molar-refractivity contribution in [2.24, 2.45) is 5.92 Å². The highest BCUT2D eigenvalue weighted by atomic mass is 15.2. The van der Waals surface area contributed by atoms with Gasteiger partial charge in [0.05, 0.1) is 5.52 Å². The number of rotatable bonds is 2. The summed E-state index contributed by atoms with van der Waals surface area (Å²) in [6, 6.07) is 8.54. The predicted molar refractivity (Wildman–Crippen MR) is 106 cm³/mol. The second-order valence-electron chi connectivity index (χ2n) is 7.17. The molecular formula is C22H20N4. The van der Waals surface area contributed by atoms with E-state index in [4.69, 9.17) is 0 Å². The van der Waals surface area contributed by atoms with Crippen LogP contribution in [0.4, 0.5) is 0 Å². The summed E-state index contributed by atoms with van der Waals surface area (Å²) >= 11 is 0. The molecule has 4 nitrogen and oxygen atoms in total. The molecule has 4 aromatic heterocycles. The number of H-pyrrole nitrogens is 1. The summed E-state index contributed by atoms with van der Waals surface area (Å²) in [5, 5.41) is 5.43. The van der Waals surface area contributed by atoms with Crippen molar-refractivity contribution in [3.8, 4) is 11.1 Å². The first-order valence-electron chi connectivity index (χ1n) is 8.98. The van der Waals surface area contributed by atoms with E-state index in [1.165, 1.54) is 27.8 Å². The maximum Gasteiger partial charge on any atom is 0.137 e. The third kappa shape index (κ3) is 2.37. The van der Waals surface area contributed by atoms with Crippen LogP contribution in [0, 0.1) is 5.92 Å². The minimum absolute atomic E-state index is 0.612. The second kappa shape index (κ2) is 5.70. The summed E-state index contributed by atoms with van der Waals surface area (Å²) in [5.74, 6) is 0.612. The zero-order valence-corrected chi connectivity index (χ0v) is 14.9. The van der Waals surface area contributed by atoms with Crippen LogP contribution in [-0.2, 0) is 0 Å². The molecule has 1 N–H and O–H groups in total. The molecular weight excluding hydrogens is 320 g/mol. The van der Waals surface area contributed by atoms with E-state index in [1.807, 2.05) is 35.4 Å². The molecule has 0 bridgehead atoms. The fraction of sp³-hybridized carbons (Fsp3) is 0.182. The van der Waals surface area contributed by atoms with Gasteiger partial charge in [0, 0.05) is 41.3 Å². The van der Waals surface area contributed by atoms with Gasteiger partial charge in [-0.05, 0) is 54.7 Å².